The molecule has 0 aliphatic carbocycles. The van der Waals surface area contributed by atoms with Crippen LogP contribution in [0.5, 0.6) is 5.75 Å². The first-order valence-corrected chi connectivity index (χ1v) is 8.29. The van der Waals surface area contributed by atoms with E-state index in [0.29, 0.717) is 17.0 Å². The second-order valence-electron chi connectivity index (χ2n) is 5.54. The molecule has 2 rings (SSSR count). The third kappa shape index (κ3) is 5.87. The Hall–Kier alpha value is -3.30. The van der Waals surface area contributed by atoms with Crippen LogP contribution < -0.4 is 10.1 Å². The zero-order chi connectivity index (χ0) is 19.8. The van der Waals surface area contributed by atoms with E-state index in [-0.39, 0.29) is 17.2 Å². The summed E-state index contributed by atoms with van der Waals surface area (Å²) in [6.07, 6.45) is 1.42. The van der Waals surface area contributed by atoms with E-state index >= 15 is 0 Å². The van der Waals surface area contributed by atoms with Gasteiger partial charge in [0.1, 0.15) is 17.4 Å². The predicted molar refractivity (Wildman–Crippen MR) is 102 cm³/mol. The number of carbonyl (C=O) groups is 2. The zero-order valence-corrected chi connectivity index (χ0v) is 15.5. The van der Waals surface area contributed by atoms with Crippen molar-refractivity contribution >= 4 is 35.2 Å². The van der Waals surface area contributed by atoms with Gasteiger partial charge in [-0.1, -0.05) is 35.4 Å². The molecule has 0 saturated carbocycles. The summed E-state index contributed by atoms with van der Waals surface area (Å²) in [6, 6.07) is 13.8. The fraction of sp³-hybridized carbons (Fsp3) is 0.150. The monoisotopic (exact) mass is 384 g/mol. The minimum atomic E-state index is -0.533. The molecule has 1 amide bonds. The van der Waals surface area contributed by atoms with Gasteiger partial charge in [-0.25, -0.2) is 4.79 Å². The number of aryl methyl sites for hydroxylation is 1. The quantitative estimate of drug-likeness (QED) is 0.465. The van der Waals surface area contributed by atoms with Gasteiger partial charge < -0.3 is 14.8 Å². The van der Waals surface area contributed by atoms with Gasteiger partial charge in [0, 0.05) is 5.69 Å². The van der Waals surface area contributed by atoms with Crippen molar-refractivity contribution in [2.45, 2.75) is 6.92 Å². The molecule has 6 nitrogen and oxygen atoms in total. The van der Waals surface area contributed by atoms with Crippen molar-refractivity contribution in [1.29, 1.82) is 5.26 Å². The maximum atomic E-state index is 12.3. The van der Waals surface area contributed by atoms with Crippen molar-refractivity contribution in [2.75, 3.05) is 19.0 Å². The highest BCUT2D eigenvalue weighted by atomic mass is 35.5. The van der Waals surface area contributed by atoms with E-state index in [1.165, 1.54) is 19.3 Å². The summed E-state index contributed by atoms with van der Waals surface area (Å²) < 4.78 is 9.73. The molecule has 0 radical (unpaired) electrons. The van der Waals surface area contributed by atoms with Crippen LogP contribution in [0.1, 0.15) is 11.1 Å². The van der Waals surface area contributed by atoms with Crippen molar-refractivity contribution < 1.29 is 19.1 Å². The molecule has 0 saturated heterocycles. The normalized spacial score (nSPS) is 10.7. The van der Waals surface area contributed by atoms with Crippen LogP contribution in [0.15, 0.2) is 48.0 Å². The SMILES string of the molecule is COC(=O)COc1ccc(/C=C(\C#N)C(=O)Nc2ccc(C)cc2)cc1Cl. The average Bonchev–Trinajstić information content (AvgIpc) is 2.66. The number of hydrogen-bond acceptors (Lipinski definition) is 5. The van der Waals surface area contributed by atoms with Crippen LogP contribution in [0.3, 0.4) is 0 Å². The molecule has 2 aromatic rings. The summed E-state index contributed by atoms with van der Waals surface area (Å²) in [5.74, 6) is -0.764. The van der Waals surface area contributed by atoms with Crippen LogP contribution in [0, 0.1) is 18.3 Å². The van der Waals surface area contributed by atoms with E-state index in [4.69, 9.17) is 16.3 Å². The Bertz CT molecular complexity index is 915. The van der Waals surface area contributed by atoms with Crippen LogP contribution in [0.4, 0.5) is 5.69 Å². The Labute approximate surface area is 162 Å². The number of nitrogens with zero attached hydrogens (tertiary/aromatic N) is 1. The van der Waals surface area contributed by atoms with Crippen molar-refractivity contribution in [2.24, 2.45) is 0 Å². The summed E-state index contributed by atoms with van der Waals surface area (Å²) >= 11 is 6.12. The molecule has 2 aromatic carbocycles. The smallest absolute Gasteiger partial charge is 0.343 e. The Morgan fingerprint density at radius 1 is 1.22 bits per heavy atom. The molecule has 1 N–H and O–H groups in total. The largest absolute Gasteiger partial charge is 0.480 e. The lowest BCUT2D eigenvalue weighted by Gasteiger charge is -2.08. The highest BCUT2D eigenvalue weighted by Gasteiger charge is 2.11. The fourth-order valence-corrected chi connectivity index (χ4v) is 2.31. The first-order chi connectivity index (χ1) is 12.9. The van der Waals surface area contributed by atoms with Gasteiger partial charge in [-0.3, -0.25) is 4.79 Å². The van der Waals surface area contributed by atoms with Gasteiger partial charge in [0.2, 0.25) is 0 Å². The number of hydrogen-bond donors (Lipinski definition) is 1. The van der Waals surface area contributed by atoms with E-state index < -0.39 is 11.9 Å². The van der Waals surface area contributed by atoms with Gasteiger partial charge in [-0.2, -0.15) is 5.26 Å². The molecule has 0 aliphatic rings. The minimum absolute atomic E-state index is 0.0742. The highest BCUT2D eigenvalue weighted by molar-refractivity contribution is 6.32. The second-order valence-corrected chi connectivity index (χ2v) is 5.95. The summed E-state index contributed by atoms with van der Waals surface area (Å²) in [7, 11) is 1.26. The predicted octanol–water partition coefficient (Wildman–Crippen LogP) is 3.75. The lowest BCUT2D eigenvalue weighted by molar-refractivity contribution is -0.142. The number of rotatable bonds is 6. The molecule has 0 unspecified atom stereocenters. The number of anilines is 1. The van der Waals surface area contributed by atoms with Crippen LogP contribution in [-0.4, -0.2) is 25.6 Å². The van der Waals surface area contributed by atoms with E-state index in [1.54, 1.807) is 24.3 Å². The third-order valence-electron chi connectivity index (χ3n) is 3.51. The molecule has 27 heavy (non-hydrogen) atoms. The second kappa shape index (κ2) is 9.41. The van der Waals surface area contributed by atoms with Crippen LogP contribution in [-0.2, 0) is 14.3 Å². The molecular formula is C20H17ClN2O4. The van der Waals surface area contributed by atoms with Gasteiger partial charge in [-0.05, 0) is 42.8 Å². The van der Waals surface area contributed by atoms with Gasteiger partial charge in [-0.15, -0.1) is 0 Å². The van der Waals surface area contributed by atoms with E-state index in [0.717, 1.165) is 5.56 Å². The number of esters is 1. The highest BCUT2D eigenvalue weighted by Crippen LogP contribution is 2.26. The van der Waals surface area contributed by atoms with Crippen LogP contribution in [0.2, 0.25) is 5.02 Å². The van der Waals surface area contributed by atoms with Crippen LogP contribution in [0.25, 0.3) is 6.08 Å². The number of nitrogens with one attached hydrogen (secondary N) is 1. The number of halogens is 1. The number of amides is 1. The van der Waals surface area contributed by atoms with Gasteiger partial charge in [0.25, 0.3) is 5.91 Å². The maximum absolute atomic E-state index is 12.3. The molecule has 0 aromatic heterocycles. The standard InChI is InChI=1S/C20H17ClN2O4/c1-13-3-6-16(7-4-13)23-20(25)15(11-22)9-14-5-8-18(17(21)10-14)27-12-19(24)26-2/h3-10H,12H2,1-2H3,(H,23,25)/b15-9+. The fourth-order valence-electron chi connectivity index (χ4n) is 2.07. The number of methoxy groups -OCH3 is 1. The average molecular weight is 385 g/mol. The van der Waals surface area contributed by atoms with E-state index in [2.05, 4.69) is 10.1 Å². The van der Waals surface area contributed by atoms with Gasteiger partial charge in [0.05, 0.1) is 12.1 Å². The maximum Gasteiger partial charge on any atom is 0.343 e. The van der Waals surface area contributed by atoms with Crippen LogP contribution >= 0.6 is 11.6 Å². The molecule has 0 spiro atoms. The molecule has 7 heteroatoms. The third-order valence-corrected chi connectivity index (χ3v) is 3.81. The Kier molecular flexibility index (Phi) is 6.98. The lowest BCUT2D eigenvalue weighted by Crippen LogP contribution is -2.13. The van der Waals surface area contributed by atoms with Crippen molar-refractivity contribution in [1.82, 2.24) is 0 Å². The minimum Gasteiger partial charge on any atom is -0.480 e. The Morgan fingerprint density at radius 2 is 1.93 bits per heavy atom. The van der Waals surface area contributed by atoms with Gasteiger partial charge in [0.15, 0.2) is 6.61 Å². The van der Waals surface area contributed by atoms with Crippen molar-refractivity contribution in [3.05, 3.63) is 64.2 Å². The van der Waals surface area contributed by atoms with Gasteiger partial charge >= 0.3 is 5.97 Å². The van der Waals surface area contributed by atoms with Crippen molar-refractivity contribution in [3.8, 4) is 11.8 Å². The Balaban J connectivity index is 2.13. The zero-order valence-electron chi connectivity index (χ0n) is 14.8. The molecule has 0 fully saturated rings. The summed E-state index contributed by atoms with van der Waals surface area (Å²) in [5.41, 5.74) is 2.13. The number of carbonyl (C=O) groups excluding carboxylic acids is 2. The molecular weight excluding hydrogens is 368 g/mol. The summed E-state index contributed by atoms with van der Waals surface area (Å²) in [5, 5.41) is 12.2. The lowest BCUT2D eigenvalue weighted by atomic mass is 10.1. The Morgan fingerprint density at radius 3 is 2.52 bits per heavy atom. The molecule has 138 valence electrons. The van der Waals surface area contributed by atoms with E-state index in [1.807, 2.05) is 25.1 Å². The topological polar surface area (TPSA) is 88.4 Å². The number of nitriles is 1. The first-order valence-electron chi connectivity index (χ1n) is 7.92. The molecule has 0 heterocycles. The molecule has 0 aliphatic heterocycles. The summed E-state index contributed by atoms with van der Waals surface area (Å²) in [6.45, 7) is 1.67. The molecule has 0 atom stereocenters. The molecule has 0 bridgehead atoms. The number of benzene rings is 2. The van der Waals surface area contributed by atoms with E-state index in [9.17, 15) is 14.9 Å². The van der Waals surface area contributed by atoms with Crippen molar-refractivity contribution in [3.63, 3.8) is 0 Å². The summed E-state index contributed by atoms with van der Waals surface area (Å²) in [4.78, 5) is 23.4. The number of ether oxygens (including phenoxy) is 2. The first kappa shape index (κ1) is 20.0.